The van der Waals surface area contributed by atoms with Crippen LogP contribution in [0.1, 0.15) is 5.56 Å². The van der Waals surface area contributed by atoms with Gasteiger partial charge in [-0.05, 0) is 47.7 Å². The Kier molecular flexibility index (Phi) is 4.25. The van der Waals surface area contributed by atoms with Crippen LogP contribution in [0.3, 0.4) is 0 Å². The second-order valence-electron chi connectivity index (χ2n) is 4.52. The summed E-state index contributed by atoms with van der Waals surface area (Å²) in [5, 5.41) is 0.608. The Labute approximate surface area is 141 Å². The zero-order valence-electron chi connectivity index (χ0n) is 11.1. The fourth-order valence-corrected chi connectivity index (χ4v) is 3.20. The molecule has 1 aliphatic heterocycles. The molecule has 0 spiro atoms. The van der Waals surface area contributed by atoms with Gasteiger partial charge in [0.15, 0.2) is 0 Å². The van der Waals surface area contributed by atoms with Gasteiger partial charge in [0.25, 0.3) is 11.1 Å². The quantitative estimate of drug-likeness (QED) is 0.696. The Bertz CT molecular complexity index is 787. The fraction of sp³-hybridized carbons (Fsp3) is 0. The summed E-state index contributed by atoms with van der Waals surface area (Å²) in [7, 11) is 0. The van der Waals surface area contributed by atoms with E-state index in [9.17, 15) is 9.59 Å². The van der Waals surface area contributed by atoms with Gasteiger partial charge >= 0.3 is 0 Å². The maximum atomic E-state index is 12.5. The van der Waals surface area contributed by atoms with Crippen molar-refractivity contribution < 1.29 is 9.59 Å². The zero-order valence-corrected chi connectivity index (χ0v) is 13.5. The highest BCUT2D eigenvalue weighted by atomic mass is 35.5. The Morgan fingerprint density at radius 1 is 0.955 bits per heavy atom. The Hall–Kier alpha value is -1.75. The van der Waals surface area contributed by atoms with Crippen LogP contribution in [-0.4, -0.2) is 11.1 Å². The minimum absolute atomic E-state index is 0.354. The molecule has 0 bridgehead atoms. The molecule has 2 amide bonds. The number of carbonyl (C=O) groups excluding carboxylic acids is 2. The van der Waals surface area contributed by atoms with Gasteiger partial charge in [0.1, 0.15) is 0 Å². The first-order valence-electron chi connectivity index (χ1n) is 6.34. The van der Waals surface area contributed by atoms with Crippen LogP contribution in [0.4, 0.5) is 10.5 Å². The SMILES string of the molecule is O=C1S/C(=C\c2ccc(Cl)cc2)C(=O)N1c1ccccc1Cl. The normalized spacial score (nSPS) is 16.6. The molecule has 0 saturated carbocycles. The molecule has 0 N–H and O–H groups in total. The van der Waals surface area contributed by atoms with Gasteiger partial charge in [-0.3, -0.25) is 9.59 Å². The number of carbonyl (C=O) groups is 2. The van der Waals surface area contributed by atoms with Crippen LogP contribution < -0.4 is 4.90 Å². The lowest BCUT2D eigenvalue weighted by atomic mass is 10.2. The highest BCUT2D eigenvalue weighted by Gasteiger charge is 2.37. The number of amides is 2. The molecule has 0 radical (unpaired) electrons. The first-order valence-corrected chi connectivity index (χ1v) is 7.91. The van der Waals surface area contributed by atoms with Gasteiger partial charge < -0.3 is 0 Å². The molecule has 0 aliphatic carbocycles. The molecule has 110 valence electrons. The van der Waals surface area contributed by atoms with Crippen LogP contribution in [-0.2, 0) is 4.79 Å². The number of hydrogen-bond acceptors (Lipinski definition) is 3. The molecule has 22 heavy (non-hydrogen) atoms. The van der Waals surface area contributed by atoms with Crippen LogP contribution in [0, 0.1) is 0 Å². The number of rotatable bonds is 2. The summed E-state index contributed by atoms with van der Waals surface area (Å²) < 4.78 is 0. The lowest BCUT2D eigenvalue weighted by Crippen LogP contribution is -2.27. The Morgan fingerprint density at radius 3 is 2.32 bits per heavy atom. The summed E-state index contributed by atoms with van der Waals surface area (Å²) in [6.45, 7) is 0. The molecule has 1 fully saturated rings. The van der Waals surface area contributed by atoms with E-state index in [1.165, 1.54) is 0 Å². The summed E-state index contributed by atoms with van der Waals surface area (Å²) in [4.78, 5) is 26.1. The number of anilines is 1. The molecule has 2 aromatic rings. The molecule has 1 aliphatic rings. The largest absolute Gasteiger partial charge is 0.298 e. The van der Waals surface area contributed by atoms with Crippen molar-refractivity contribution in [2.24, 2.45) is 0 Å². The van der Waals surface area contributed by atoms with Gasteiger partial charge in [0, 0.05) is 5.02 Å². The van der Waals surface area contributed by atoms with Crippen molar-refractivity contribution in [1.82, 2.24) is 0 Å². The predicted molar refractivity (Wildman–Crippen MR) is 91.4 cm³/mol. The monoisotopic (exact) mass is 349 g/mol. The number of benzene rings is 2. The lowest BCUT2D eigenvalue weighted by Gasteiger charge is -2.13. The smallest absolute Gasteiger partial charge is 0.268 e. The van der Waals surface area contributed by atoms with Crippen molar-refractivity contribution in [2.45, 2.75) is 0 Å². The van der Waals surface area contributed by atoms with Crippen molar-refractivity contribution in [3.05, 3.63) is 69.0 Å². The number of halogens is 2. The molecule has 0 unspecified atom stereocenters. The van der Waals surface area contributed by atoms with E-state index in [1.54, 1.807) is 54.6 Å². The van der Waals surface area contributed by atoms with E-state index in [2.05, 4.69) is 0 Å². The van der Waals surface area contributed by atoms with Gasteiger partial charge in [-0.25, -0.2) is 4.90 Å². The maximum Gasteiger partial charge on any atom is 0.298 e. The van der Waals surface area contributed by atoms with Crippen LogP contribution in [0.5, 0.6) is 0 Å². The van der Waals surface area contributed by atoms with E-state index in [-0.39, 0.29) is 11.1 Å². The molecule has 3 rings (SSSR count). The number of hydrogen-bond donors (Lipinski definition) is 0. The molecular weight excluding hydrogens is 341 g/mol. The fourth-order valence-electron chi connectivity index (χ4n) is 2.02. The number of nitrogens with zero attached hydrogens (tertiary/aromatic N) is 1. The van der Waals surface area contributed by atoms with Gasteiger partial charge in [-0.1, -0.05) is 47.5 Å². The first-order chi connectivity index (χ1) is 10.6. The van der Waals surface area contributed by atoms with E-state index in [0.29, 0.717) is 20.6 Å². The lowest BCUT2D eigenvalue weighted by molar-refractivity contribution is -0.113. The number of para-hydroxylation sites is 1. The molecule has 1 saturated heterocycles. The van der Waals surface area contributed by atoms with Crippen molar-refractivity contribution in [1.29, 1.82) is 0 Å². The highest BCUT2D eigenvalue weighted by Crippen LogP contribution is 2.38. The van der Waals surface area contributed by atoms with Crippen molar-refractivity contribution in [3.63, 3.8) is 0 Å². The van der Waals surface area contributed by atoms with Gasteiger partial charge in [-0.15, -0.1) is 0 Å². The van der Waals surface area contributed by atoms with E-state index in [1.807, 2.05) is 0 Å². The third-order valence-electron chi connectivity index (χ3n) is 3.05. The summed E-state index contributed by atoms with van der Waals surface area (Å²) in [5.74, 6) is -0.377. The second kappa shape index (κ2) is 6.16. The summed E-state index contributed by atoms with van der Waals surface area (Å²) in [6, 6.07) is 13.8. The van der Waals surface area contributed by atoms with E-state index in [0.717, 1.165) is 22.2 Å². The third kappa shape index (κ3) is 2.90. The number of thioether (sulfide) groups is 1. The molecule has 2 aromatic carbocycles. The summed E-state index contributed by atoms with van der Waals surface area (Å²) >= 11 is 12.8. The predicted octanol–water partition coefficient (Wildman–Crippen LogP) is 5.23. The average molecular weight is 350 g/mol. The second-order valence-corrected chi connectivity index (χ2v) is 6.36. The summed E-state index contributed by atoms with van der Waals surface area (Å²) in [6.07, 6.45) is 1.66. The highest BCUT2D eigenvalue weighted by molar-refractivity contribution is 8.19. The average Bonchev–Trinajstić information content (AvgIpc) is 2.77. The van der Waals surface area contributed by atoms with Crippen LogP contribution in [0.2, 0.25) is 10.0 Å². The molecule has 6 heteroatoms. The standard InChI is InChI=1S/C16H9Cl2NO2S/c17-11-7-5-10(6-8-11)9-14-15(20)19(16(21)22-14)13-4-2-1-3-12(13)18/h1-9H/b14-9-. The van der Waals surface area contributed by atoms with Crippen molar-refractivity contribution in [3.8, 4) is 0 Å². The van der Waals surface area contributed by atoms with E-state index < -0.39 is 0 Å². The van der Waals surface area contributed by atoms with Gasteiger partial charge in [0.05, 0.1) is 15.6 Å². The third-order valence-corrected chi connectivity index (χ3v) is 4.50. The number of imide groups is 1. The minimum Gasteiger partial charge on any atom is -0.268 e. The summed E-state index contributed by atoms with van der Waals surface area (Å²) in [5.41, 5.74) is 1.19. The Morgan fingerprint density at radius 2 is 1.64 bits per heavy atom. The molecular formula is C16H9Cl2NO2S. The topological polar surface area (TPSA) is 37.4 Å². The Balaban J connectivity index is 1.95. The zero-order chi connectivity index (χ0) is 15.7. The molecule has 0 aromatic heterocycles. The van der Waals surface area contributed by atoms with E-state index >= 15 is 0 Å². The first kappa shape index (κ1) is 15.2. The molecule has 0 atom stereocenters. The van der Waals surface area contributed by atoms with Crippen molar-refractivity contribution in [2.75, 3.05) is 4.90 Å². The molecule has 3 nitrogen and oxygen atoms in total. The van der Waals surface area contributed by atoms with Gasteiger partial charge in [0.2, 0.25) is 0 Å². The van der Waals surface area contributed by atoms with Crippen LogP contribution >= 0.6 is 35.0 Å². The van der Waals surface area contributed by atoms with E-state index in [4.69, 9.17) is 23.2 Å². The van der Waals surface area contributed by atoms with Crippen LogP contribution in [0.15, 0.2) is 53.4 Å². The maximum absolute atomic E-state index is 12.5. The molecule has 1 heterocycles. The minimum atomic E-state index is -0.377. The van der Waals surface area contributed by atoms with Crippen molar-refractivity contribution >= 4 is 57.9 Å². The van der Waals surface area contributed by atoms with Crippen LogP contribution in [0.25, 0.3) is 6.08 Å². The van der Waals surface area contributed by atoms with Gasteiger partial charge in [-0.2, -0.15) is 0 Å².